The lowest BCUT2D eigenvalue weighted by Gasteiger charge is -2.21. The smallest absolute Gasteiger partial charge is 0.261 e. The van der Waals surface area contributed by atoms with E-state index in [4.69, 9.17) is 0 Å². The summed E-state index contributed by atoms with van der Waals surface area (Å²) < 4.78 is 1.98. The number of rotatable bonds is 4. The summed E-state index contributed by atoms with van der Waals surface area (Å²) >= 11 is 0. The molecule has 4 rings (SSSR count). The molecule has 32 heavy (non-hydrogen) atoms. The molecule has 0 spiro atoms. The number of amides is 1. The van der Waals surface area contributed by atoms with Crippen LogP contribution in [0, 0.1) is 27.7 Å². The molecule has 0 saturated carbocycles. The standard InChI is InChI=1S/C28H26N2O2/c1-18-13-15-23(16-14-18)30-21(4)17-24(31)25(27(30)22-11-6-5-7-12-22)28(32)29-26-19(2)9-8-10-20(26)3/h5-17H,1-4H3,(H,29,32). The quantitative estimate of drug-likeness (QED) is 0.439. The molecule has 0 aliphatic carbocycles. The Labute approximate surface area is 188 Å². The van der Waals surface area contributed by atoms with E-state index in [1.807, 2.05) is 105 Å². The van der Waals surface area contributed by atoms with Crippen molar-refractivity contribution in [1.29, 1.82) is 0 Å². The summed E-state index contributed by atoms with van der Waals surface area (Å²) in [7, 11) is 0. The van der Waals surface area contributed by atoms with Gasteiger partial charge in [0, 0.05) is 23.1 Å². The van der Waals surface area contributed by atoms with Crippen molar-refractivity contribution >= 4 is 11.6 Å². The molecular weight excluding hydrogens is 396 g/mol. The van der Waals surface area contributed by atoms with E-state index < -0.39 is 5.91 Å². The molecule has 160 valence electrons. The zero-order valence-electron chi connectivity index (χ0n) is 18.8. The summed E-state index contributed by atoms with van der Waals surface area (Å²) in [6.45, 7) is 7.81. The summed E-state index contributed by atoms with van der Waals surface area (Å²) in [5.41, 5.74) is 6.66. The monoisotopic (exact) mass is 422 g/mol. The maximum absolute atomic E-state index is 13.6. The number of nitrogens with zero attached hydrogens (tertiary/aromatic N) is 1. The predicted octanol–water partition coefficient (Wildman–Crippen LogP) is 5.99. The van der Waals surface area contributed by atoms with E-state index in [0.29, 0.717) is 5.69 Å². The second kappa shape index (κ2) is 8.67. The number of hydrogen-bond acceptors (Lipinski definition) is 2. The fourth-order valence-electron chi connectivity index (χ4n) is 4.03. The Morgan fingerprint density at radius 3 is 2.03 bits per heavy atom. The molecule has 3 aromatic carbocycles. The fraction of sp³-hybridized carbons (Fsp3) is 0.143. The Kier molecular flexibility index (Phi) is 5.78. The number of hydrogen-bond donors (Lipinski definition) is 1. The first kappa shape index (κ1) is 21.3. The molecule has 0 saturated heterocycles. The highest BCUT2D eigenvalue weighted by Crippen LogP contribution is 2.28. The topological polar surface area (TPSA) is 51.1 Å². The molecule has 1 N–H and O–H groups in total. The van der Waals surface area contributed by atoms with Crippen LogP contribution < -0.4 is 10.7 Å². The van der Waals surface area contributed by atoms with Crippen LogP contribution in [-0.4, -0.2) is 10.5 Å². The third kappa shape index (κ3) is 4.00. The van der Waals surface area contributed by atoms with Crippen molar-refractivity contribution in [2.45, 2.75) is 27.7 Å². The van der Waals surface area contributed by atoms with Gasteiger partial charge in [-0.3, -0.25) is 9.59 Å². The number of anilines is 1. The summed E-state index contributed by atoms with van der Waals surface area (Å²) in [6, 6.07) is 25.0. The Hall–Kier alpha value is -3.92. The number of carbonyl (C=O) groups excluding carboxylic acids is 1. The minimum atomic E-state index is -0.410. The third-order valence-corrected chi connectivity index (χ3v) is 5.69. The predicted molar refractivity (Wildman–Crippen MR) is 131 cm³/mol. The van der Waals surface area contributed by atoms with Crippen molar-refractivity contribution in [3.63, 3.8) is 0 Å². The molecule has 0 radical (unpaired) electrons. The van der Waals surface area contributed by atoms with Crippen molar-refractivity contribution in [3.8, 4) is 16.9 Å². The van der Waals surface area contributed by atoms with E-state index in [1.54, 1.807) is 0 Å². The van der Waals surface area contributed by atoms with Gasteiger partial charge in [-0.05, 0) is 56.5 Å². The Morgan fingerprint density at radius 2 is 1.41 bits per heavy atom. The van der Waals surface area contributed by atoms with Crippen LogP contribution in [0.2, 0.25) is 0 Å². The first-order valence-electron chi connectivity index (χ1n) is 10.6. The van der Waals surface area contributed by atoms with Crippen molar-refractivity contribution < 1.29 is 4.79 Å². The van der Waals surface area contributed by atoms with E-state index in [0.717, 1.165) is 39.3 Å². The van der Waals surface area contributed by atoms with Gasteiger partial charge < -0.3 is 9.88 Å². The van der Waals surface area contributed by atoms with Gasteiger partial charge in [0.25, 0.3) is 5.91 Å². The first-order valence-corrected chi connectivity index (χ1v) is 10.6. The van der Waals surface area contributed by atoms with Crippen LogP contribution in [0.25, 0.3) is 16.9 Å². The third-order valence-electron chi connectivity index (χ3n) is 5.69. The summed E-state index contributed by atoms with van der Waals surface area (Å²) in [5.74, 6) is -0.410. The summed E-state index contributed by atoms with van der Waals surface area (Å²) in [4.78, 5) is 26.8. The van der Waals surface area contributed by atoms with Crippen LogP contribution in [-0.2, 0) is 0 Å². The van der Waals surface area contributed by atoms with Crippen molar-refractivity contribution in [1.82, 2.24) is 4.57 Å². The molecule has 0 unspecified atom stereocenters. The number of para-hydroxylation sites is 1. The molecule has 1 heterocycles. The largest absolute Gasteiger partial charge is 0.321 e. The number of pyridine rings is 1. The normalized spacial score (nSPS) is 10.8. The lowest BCUT2D eigenvalue weighted by Crippen LogP contribution is -2.26. The number of aromatic nitrogens is 1. The lowest BCUT2D eigenvalue weighted by molar-refractivity contribution is 0.102. The van der Waals surface area contributed by atoms with Gasteiger partial charge in [-0.1, -0.05) is 66.2 Å². The molecule has 0 aliphatic rings. The Bertz CT molecular complexity index is 1330. The van der Waals surface area contributed by atoms with Crippen LogP contribution in [0.15, 0.2) is 83.7 Å². The van der Waals surface area contributed by atoms with Crippen LogP contribution in [0.3, 0.4) is 0 Å². The minimum Gasteiger partial charge on any atom is -0.321 e. The van der Waals surface area contributed by atoms with Crippen LogP contribution in [0.1, 0.15) is 32.7 Å². The molecule has 1 amide bonds. The number of benzene rings is 3. The van der Waals surface area contributed by atoms with Crippen molar-refractivity contribution in [3.05, 3.63) is 117 Å². The molecule has 1 aromatic heterocycles. The molecule has 0 fully saturated rings. The zero-order chi connectivity index (χ0) is 22.8. The van der Waals surface area contributed by atoms with Crippen molar-refractivity contribution in [2.24, 2.45) is 0 Å². The molecule has 0 atom stereocenters. The molecule has 4 heteroatoms. The van der Waals surface area contributed by atoms with E-state index in [2.05, 4.69) is 5.32 Å². The summed E-state index contributed by atoms with van der Waals surface area (Å²) in [6.07, 6.45) is 0. The maximum atomic E-state index is 13.6. The average Bonchev–Trinajstić information content (AvgIpc) is 2.77. The van der Waals surface area contributed by atoms with Crippen LogP contribution in [0.5, 0.6) is 0 Å². The summed E-state index contributed by atoms with van der Waals surface area (Å²) in [5, 5.41) is 3.00. The van der Waals surface area contributed by atoms with Gasteiger partial charge in [0.1, 0.15) is 5.56 Å². The Balaban J connectivity index is 1.98. The molecular formula is C28H26N2O2. The minimum absolute atomic E-state index is 0.130. The maximum Gasteiger partial charge on any atom is 0.261 e. The fourth-order valence-corrected chi connectivity index (χ4v) is 4.03. The van der Waals surface area contributed by atoms with Gasteiger partial charge in [0.2, 0.25) is 0 Å². The highest BCUT2D eigenvalue weighted by atomic mass is 16.2. The van der Waals surface area contributed by atoms with Gasteiger partial charge in [0.05, 0.1) is 5.69 Å². The number of carbonyl (C=O) groups is 1. The van der Waals surface area contributed by atoms with E-state index in [-0.39, 0.29) is 11.0 Å². The van der Waals surface area contributed by atoms with Crippen LogP contribution >= 0.6 is 0 Å². The molecule has 0 bridgehead atoms. The molecule has 4 nitrogen and oxygen atoms in total. The van der Waals surface area contributed by atoms with E-state index in [9.17, 15) is 9.59 Å². The second-order valence-electron chi connectivity index (χ2n) is 8.13. The zero-order valence-corrected chi connectivity index (χ0v) is 18.8. The number of nitrogens with one attached hydrogen (secondary N) is 1. The molecule has 4 aromatic rings. The van der Waals surface area contributed by atoms with E-state index >= 15 is 0 Å². The van der Waals surface area contributed by atoms with Gasteiger partial charge >= 0.3 is 0 Å². The Morgan fingerprint density at radius 1 is 0.781 bits per heavy atom. The van der Waals surface area contributed by atoms with Crippen molar-refractivity contribution in [2.75, 3.05) is 5.32 Å². The van der Waals surface area contributed by atoms with Gasteiger partial charge in [-0.25, -0.2) is 0 Å². The van der Waals surface area contributed by atoms with Gasteiger partial charge in [-0.15, -0.1) is 0 Å². The van der Waals surface area contributed by atoms with E-state index in [1.165, 1.54) is 6.07 Å². The average molecular weight is 423 g/mol. The van der Waals surface area contributed by atoms with Gasteiger partial charge in [-0.2, -0.15) is 0 Å². The first-order chi connectivity index (χ1) is 15.4. The highest BCUT2D eigenvalue weighted by Gasteiger charge is 2.23. The SMILES string of the molecule is Cc1ccc(-n2c(C)cc(=O)c(C(=O)Nc3c(C)cccc3C)c2-c2ccccc2)cc1. The van der Waals surface area contributed by atoms with Crippen LogP contribution in [0.4, 0.5) is 5.69 Å². The second-order valence-corrected chi connectivity index (χ2v) is 8.13. The lowest BCUT2D eigenvalue weighted by atomic mass is 10.0. The highest BCUT2D eigenvalue weighted by molar-refractivity contribution is 6.09. The molecule has 0 aliphatic heterocycles. The van der Waals surface area contributed by atoms with Gasteiger partial charge in [0.15, 0.2) is 5.43 Å². The number of aryl methyl sites for hydroxylation is 4.